The first-order chi connectivity index (χ1) is 11.6. The molecule has 5 heteroatoms. The van der Waals surface area contributed by atoms with Crippen molar-refractivity contribution in [2.24, 2.45) is 5.92 Å². The number of amides is 1. The topological polar surface area (TPSA) is 50.8 Å². The quantitative estimate of drug-likeness (QED) is 0.791. The molecule has 0 spiro atoms. The fraction of sp³-hybridized carbons (Fsp3) is 0.632. The fourth-order valence-electron chi connectivity index (χ4n) is 2.94. The number of para-hydroxylation sites is 1. The van der Waals surface area contributed by atoms with Crippen molar-refractivity contribution in [1.29, 1.82) is 0 Å². The van der Waals surface area contributed by atoms with Gasteiger partial charge in [-0.1, -0.05) is 39.0 Å². The molecule has 0 aliphatic carbocycles. The molecule has 1 aromatic carbocycles. The number of hydrogen-bond donors (Lipinski definition) is 1. The van der Waals surface area contributed by atoms with Crippen molar-refractivity contribution in [2.75, 3.05) is 39.4 Å². The summed E-state index contributed by atoms with van der Waals surface area (Å²) in [6.45, 7) is 10.7. The minimum atomic E-state index is -0.106. The third-order valence-corrected chi connectivity index (χ3v) is 4.09. The van der Waals surface area contributed by atoms with Gasteiger partial charge >= 0.3 is 0 Å². The zero-order valence-electron chi connectivity index (χ0n) is 15.1. The molecule has 1 fully saturated rings. The van der Waals surface area contributed by atoms with E-state index in [9.17, 15) is 4.79 Å². The smallest absolute Gasteiger partial charge is 0.258 e. The molecule has 24 heavy (non-hydrogen) atoms. The van der Waals surface area contributed by atoms with Crippen molar-refractivity contribution in [1.82, 2.24) is 10.2 Å². The Labute approximate surface area is 145 Å². The van der Waals surface area contributed by atoms with E-state index in [1.54, 1.807) is 0 Å². The van der Waals surface area contributed by atoms with Gasteiger partial charge in [0.15, 0.2) is 6.61 Å². The molecule has 0 saturated carbocycles. The van der Waals surface area contributed by atoms with Gasteiger partial charge in [-0.25, -0.2) is 0 Å². The zero-order valence-corrected chi connectivity index (χ0v) is 15.1. The second-order valence-corrected chi connectivity index (χ2v) is 6.70. The van der Waals surface area contributed by atoms with Crippen molar-refractivity contribution >= 4 is 5.91 Å². The van der Waals surface area contributed by atoms with Crippen LogP contribution in [-0.2, 0) is 16.0 Å². The first-order valence-corrected chi connectivity index (χ1v) is 8.89. The number of carbonyl (C=O) groups excluding carboxylic acids is 1. The molecule has 1 atom stereocenters. The van der Waals surface area contributed by atoms with Crippen LogP contribution in [0.1, 0.15) is 26.3 Å². The van der Waals surface area contributed by atoms with Crippen LogP contribution in [0, 0.1) is 5.92 Å². The van der Waals surface area contributed by atoms with Crippen LogP contribution in [0.15, 0.2) is 24.3 Å². The Morgan fingerprint density at radius 1 is 1.42 bits per heavy atom. The predicted molar refractivity (Wildman–Crippen MR) is 95.3 cm³/mol. The Bertz CT molecular complexity index is 519. The van der Waals surface area contributed by atoms with Crippen molar-refractivity contribution in [3.8, 4) is 5.75 Å². The fourth-order valence-corrected chi connectivity index (χ4v) is 2.94. The number of rotatable bonds is 8. The third-order valence-electron chi connectivity index (χ3n) is 4.09. The standard InChI is InChI=1S/C19H30N2O3/c1-4-16-7-5-6-8-18(16)24-14-19(22)20-11-17-13-21(9-10-23-17)12-15(2)3/h5-8,15,17H,4,9-14H2,1-3H3,(H,20,22). The maximum Gasteiger partial charge on any atom is 0.258 e. The first kappa shape index (κ1) is 18.7. The van der Waals surface area contributed by atoms with Crippen LogP contribution >= 0.6 is 0 Å². The van der Waals surface area contributed by atoms with Crippen molar-refractivity contribution in [3.63, 3.8) is 0 Å². The molecule has 134 valence electrons. The summed E-state index contributed by atoms with van der Waals surface area (Å²) in [7, 11) is 0. The molecular weight excluding hydrogens is 304 g/mol. The van der Waals surface area contributed by atoms with E-state index < -0.39 is 0 Å². The number of carbonyl (C=O) groups is 1. The Kier molecular flexibility index (Phi) is 7.53. The second kappa shape index (κ2) is 9.64. The van der Waals surface area contributed by atoms with Gasteiger partial charge in [0.1, 0.15) is 5.75 Å². The molecule has 1 heterocycles. The van der Waals surface area contributed by atoms with Gasteiger partial charge in [-0.05, 0) is 24.0 Å². The minimum absolute atomic E-state index is 0.0411. The number of aryl methyl sites for hydroxylation is 1. The summed E-state index contributed by atoms with van der Waals surface area (Å²) in [6.07, 6.45) is 0.948. The van der Waals surface area contributed by atoms with Crippen LogP contribution < -0.4 is 10.1 Å². The lowest BCUT2D eigenvalue weighted by molar-refractivity contribution is -0.124. The predicted octanol–water partition coefficient (Wildman–Crippen LogP) is 2.10. The van der Waals surface area contributed by atoms with Gasteiger partial charge < -0.3 is 14.8 Å². The van der Waals surface area contributed by atoms with Gasteiger partial charge in [-0.3, -0.25) is 9.69 Å². The van der Waals surface area contributed by atoms with Gasteiger partial charge in [0.2, 0.25) is 0 Å². The molecule has 1 aliphatic heterocycles. The molecule has 0 aromatic heterocycles. The Morgan fingerprint density at radius 3 is 2.96 bits per heavy atom. The van der Waals surface area contributed by atoms with Crippen LogP contribution in [0.2, 0.25) is 0 Å². The first-order valence-electron chi connectivity index (χ1n) is 8.89. The maximum atomic E-state index is 12.0. The van der Waals surface area contributed by atoms with Gasteiger partial charge in [0.25, 0.3) is 5.91 Å². The van der Waals surface area contributed by atoms with Crippen molar-refractivity contribution in [3.05, 3.63) is 29.8 Å². The van der Waals surface area contributed by atoms with Crippen molar-refractivity contribution in [2.45, 2.75) is 33.3 Å². The number of nitrogens with zero attached hydrogens (tertiary/aromatic N) is 1. The van der Waals surface area contributed by atoms with E-state index in [2.05, 4.69) is 31.0 Å². The molecule has 1 saturated heterocycles. The summed E-state index contributed by atoms with van der Waals surface area (Å²) in [5.41, 5.74) is 1.12. The maximum absolute atomic E-state index is 12.0. The summed E-state index contributed by atoms with van der Waals surface area (Å²) in [5, 5.41) is 2.92. The number of benzene rings is 1. The molecule has 1 aromatic rings. The highest BCUT2D eigenvalue weighted by molar-refractivity contribution is 5.77. The SMILES string of the molecule is CCc1ccccc1OCC(=O)NCC1CN(CC(C)C)CCO1. The third kappa shape index (κ3) is 6.13. The van der Waals surface area contributed by atoms with Gasteiger partial charge in [-0.2, -0.15) is 0 Å². The molecule has 1 unspecified atom stereocenters. The van der Waals surface area contributed by atoms with Crippen LogP contribution in [0.25, 0.3) is 0 Å². The zero-order chi connectivity index (χ0) is 17.4. The van der Waals surface area contributed by atoms with Crippen LogP contribution in [-0.4, -0.2) is 56.3 Å². The van der Waals surface area contributed by atoms with E-state index in [-0.39, 0.29) is 18.6 Å². The van der Waals surface area contributed by atoms with Gasteiger partial charge in [0.05, 0.1) is 12.7 Å². The number of hydrogen-bond acceptors (Lipinski definition) is 4. The number of morpholine rings is 1. The average Bonchev–Trinajstić information content (AvgIpc) is 2.58. The largest absolute Gasteiger partial charge is 0.483 e. The molecule has 2 rings (SSSR count). The Balaban J connectivity index is 1.71. The van der Waals surface area contributed by atoms with Gasteiger partial charge in [-0.15, -0.1) is 0 Å². The molecule has 0 radical (unpaired) electrons. The molecule has 1 N–H and O–H groups in total. The van der Waals surface area contributed by atoms with E-state index in [0.717, 1.165) is 44.0 Å². The van der Waals surface area contributed by atoms with E-state index >= 15 is 0 Å². The molecule has 1 amide bonds. The van der Waals surface area contributed by atoms with E-state index in [4.69, 9.17) is 9.47 Å². The lowest BCUT2D eigenvalue weighted by Crippen LogP contribution is -2.48. The second-order valence-electron chi connectivity index (χ2n) is 6.70. The van der Waals surface area contributed by atoms with E-state index in [1.165, 1.54) is 0 Å². The summed E-state index contributed by atoms with van der Waals surface area (Å²) in [4.78, 5) is 14.4. The lowest BCUT2D eigenvalue weighted by atomic mass is 10.1. The Hall–Kier alpha value is -1.59. The summed E-state index contributed by atoms with van der Waals surface area (Å²) in [6, 6.07) is 7.83. The highest BCUT2D eigenvalue weighted by Gasteiger charge is 2.21. The molecule has 0 bridgehead atoms. The van der Waals surface area contributed by atoms with Crippen LogP contribution in [0.5, 0.6) is 5.75 Å². The highest BCUT2D eigenvalue weighted by atomic mass is 16.5. The van der Waals surface area contributed by atoms with Crippen LogP contribution in [0.4, 0.5) is 0 Å². The minimum Gasteiger partial charge on any atom is -0.483 e. The summed E-state index contributed by atoms with van der Waals surface area (Å²) >= 11 is 0. The number of ether oxygens (including phenoxy) is 2. The van der Waals surface area contributed by atoms with E-state index in [1.807, 2.05) is 24.3 Å². The summed E-state index contributed by atoms with van der Waals surface area (Å²) in [5.74, 6) is 1.32. The molecular formula is C19H30N2O3. The Morgan fingerprint density at radius 2 is 2.21 bits per heavy atom. The lowest BCUT2D eigenvalue weighted by Gasteiger charge is -2.33. The number of nitrogens with one attached hydrogen (secondary N) is 1. The summed E-state index contributed by atoms with van der Waals surface area (Å²) < 4.78 is 11.4. The highest BCUT2D eigenvalue weighted by Crippen LogP contribution is 2.17. The normalized spacial score (nSPS) is 18.6. The average molecular weight is 334 g/mol. The monoisotopic (exact) mass is 334 g/mol. The molecule has 1 aliphatic rings. The van der Waals surface area contributed by atoms with Crippen LogP contribution in [0.3, 0.4) is 0 Å². The molecule has 5 nitrogen and oxygen atoms in total. The van der Waals surface area contributed by atoms with Crippen molar-refractivity contribution < 1.29 is 14.3 Å². The van der Waals surface area contributed by atoms with Gasteiger partial charge in [0, 0.05) is 26.2 Å². The van der Waals surface area contributed by atoms with E-state index in [0.29, 0.717) is 12.5 Å².